The lowest BCUT2D eigenvalue weighted by atomic mass is 10.5. The van der Waals surface area contributed by atoms with Gasteiger partial charge in [-0.2, -0.15) is 0 Å². The molecule has 0 unspecified atom stereocenters. The van der Waals surface area contributed by atoms with E-state index in [1.165, 1.54) is 0 Å². The van der Waals surface area contributed by atoms with Gasteiger partial charge in [-0.1, -0.05) is 0 Å². The minimum absolute atomic E-state index is 0.896. The molecule has 0 saturated carbocycles. The average molecular weight is 82.1 g/mol. The number of nitrogens with one attached hydrogen (secondary N) is 1. The van der Waals surface area contributed by atoms with Crippen molar-refractivity contribution in [2.24, 2.45) is 4.99 Å². The van der Waals surface area contributed by atoms with Gasteiger partial charge in [0.2, 0.25) is 0 Å². The van der Waals surface area contributed by atoms with Gasteiger partial charge in [0.25, 0.3) is 0 Å². The van der Waals surface area contributed by atoms with E-state index in [9.17, 15) is 0 Å². The van der Waals surface area contributed by atoms with E-state index in [1.807, 2.05) is 0 Å². The van der Waals surface area contributed by atoms with E-state index in [4.69, 9.17) is 0 Å². The van der Waals surface area contributed by atoms with E-state index in [-0.39, 0.29) is 0 Å². The van der Waals surface area contributed by atoms with Crippen molar-refractivity contribution in [3.63, 3.8) is 0 Å². The van der Waals surface area contributed by atoms with E-state index in [0.717, 1.165) is 13.1 Å². The Morgan fingerprint density at radius 1 is 1.83 bits per heavy atom. The summed E-state index contributed by atoms with van der Waals surface area (Å²) in [6.45, 7) is 4.58. The average Bonchev–Trinajstić information content (AvgIpc) is 1.72. The second-order valence-electron chi connectivity index (χ2n) is 1.11. The molecular weight excluding hydrogens is 76.1 g/mol. The summed E-state index contributed by atoms with van der Waals surface area (Å²) in [6, 6.07) is 0. The maximum Gasteiger partial charge on any atom is 0.105 e. The molecule has 0 aromatic rings. The lowest BCUT2D eigenvalue weighted by molar-refractivity contribution is 0.799. The minimum Gasteiger partial charge on any atom is -0.301 e. The first-order valence-corrected chi connectivity index (χ1v) is 1.97. The fourth-order valence-electron chi connectivity index (χ4n) is 0.348. The second-order valence-corrected chi connectivity index (χ2v) is 1.11. The van der Waals surface area contributed by atoms with Crippen molar-refractivity contribution in [1.29, 1.82) is 0 Å². The molecule has 0 aromatic carbocycles. The van der Waals surface area contributed by atoms with Gasteiger partial charge in [0.1, 0.15) is 6.54 Å². The zero-order valence-corrected chi connectivity index (χ0v) is 3.44. The monoisotopic (exact) mass is 82.1 g/mol. The molecule has 0 saturated heterocycles. The van der Waals surface area contributed by atoms with E-state index in [0.29, 0.717) is 0 Å². The highest BCUT2D eigenvalue weighted by Gasteiger charge is 1.87. The highest BCUT2D eigenvalue weighted by molar-refractivity contribution is 5.67. The molecule has 32 valence electrons. The summed E-state index contributed by atoms with van der Waals surface area (Å²) >= 11 is 0. The SMILES string of the molecule is [C]1C=NCCN1. The van der Waals surface area contributed by atoms with Gasteiger partial charge >= 0.3 is 0 Å². The molecule has 0 bridgehead atoms. The van der Waals surface area contributed by atoms with Crippen molar-refractivity contribution >= 4 is 6.21 Å². The van der Waals surface area contributed by atoms with Crippen LogP contribution in [-0.2, 0) is 0 Å². The summed E-state index contributed by atoms with van der Waals surface area (Å²) in [4.78, 5) is 3.88. The highest BCUT2D eigenvalue weighted by atomic mass is 14.9. The number of hydrogen-bond donors (Lipinski definition) is 1. The Bertz CT molecular complexity index is 50.6. The Hall–Kier alpha value is -0.370. The molecule has 0 aromatic heterocycles. The largest absolute Gasteiger partial charge is 0.301 e. The third-order valence-corrected chi connectivity index (χ3v) is 0.624. The Morgan fingerprint density at radius 3 is 3.00 bits per heavy atom. The van der Waals surface area contributed by atoms with Gasteiger partial charge in [-0.05, 0) is 0 Å². The zero-order valence-electron chi connectivity index (χ0n) is 3.44. The quantitative estimate of drug-likeness (QED) is 0.426. The molecule has 0 atom stereocenters. The van der Waals surface area contributed by atoms with E-state index in [1.54, 1.807) is 6.21 Å². The summed E-state index contributed by atoms with van der Waals surface area (Å²) in [5.41, 5.74) is 0. The third kappa shape index (κ3) is 0.792. The van der Waals surface area contributed by atoms with Gasteiger partial charge in [0, 0.05) is 12.8 Å². The molecule has 0 spiro atoms. The molecule has 1 aliphatic heterocycles. The first-order valence-electron chi connectivity index (χ1n) is 1.97. The van der Waals surface area contributed by atoms with Crippen LogP contribution in [0.25, 0.3) is 0 Å². The minimum atomic E-state index is 0.896. The van der Waals surface area contributed by atoms with Crippen molar-refractivity contribution in [3.8, 4) is 0 Å². The lowest BCUT2D eigenvalue weighted by Crippen LogP contribution is -2.19. The van der Waals surface area contributed by atoms with Crippen LogP contribution in [0.15, 0.2) is 4.99 Å². The van der Waals surface area contributed by atoms with Gasteiger partial charge in [-0.25, -0.2) is 0 Å². The fourth-order valence-corrected chi connectivity index (χ4v) is 0.348. The van der Waals surface area contributed by atoms with E-state index < -0.39 is 0 Å². The van der Waals surface area contributed by atoms with Gasteiger partial charge in [-0.15, -0.1) is 0 Å². The van der Waals surface area contributed by atoms with Gasteiger partial charge in [0.15, 0.2) is 0 Å². The van der Waals surface area contributed by atoms with Crippen molar-refractivity contribution in [2.45, 2.75) is 0 Å². The smallest absolute Gasteiger partial charge is 0.105 e. The molecule has 0 aliphatic carbocycles. The van der Waals surface area contributed by atoms with Crippen LogP contribution in [0.2, 0.25) is 0 Å². The first kappa shape index (κ1) is 3.81. The normalized spacial score (nSPS) is 21.3. The maximum absolute atomic E-state index is 3.88. The molecule has 1 heterocycles. The zero-order chi connectivity index (χ0) is 4.24. The molecule has 0 amide bonds. The van der Waals surface area contributed by atoms with Crippen LogP contribution in [0.1, 0.15) is 0 Å². The van der Waals surface area contributed by atoms with Crippen molar-refractivity contribution in [1.82, 2.24) is 5.32 Å². The van der Waals surface area contributed by atoms with E-state index in [2.05, 4.69) is 16.9 Å². The molecule has 0 fully saturated rings. The van der Waals surface area contributed by atoms with Crippen molar-refractivity contribution < 1.29 is 0 Å². The van der Waals surface area contributed by atoms with Gasteiger partial charge in [-0.3, -0.25) is 4.99 Å². The van der Waals surface area contributed by atoms with Crippen molar-refractivity contribution in [2.75, 3.05) is 13.1 Å². The molecule has 1 aliphatic rings. The summed E-state index contributed by atoms with van der Waals surface area (Å²) in [6.07, 6.45) is 1.66. The van der Waals surface area contributed by atoms with Crippen LogP contribution >= 0.6 is 0 Å². The molecule has 2 radical (unpaired) electrons. The number of rotatable bonds is 0. The van der Waals surface area contributed by atoms with Gasteiger partial charge in [0.05, 0.1) is 6.54 Å². The predicted molar refractivity (Wildman–Crippen MR) is 24.6 cm³/mol. The third-order valence-electron chi connectivity index (χ3n) is 0.624. The highest BCUT2D eigenvalue weighted by Crippen LogP contribution is 1.74. The number of aliphatic imine (C=N–C) groups is 1. The molecule has 1 rings (SSSR count). The number of hydrogen-bond acceptors (Lipinski definition) is 2. The maximum atomic E-state index is 3.88. The Balaban J connectivity index is 2.26. The van der Waals surface area contributed by atoms with Crippen LogP contribution in [0.3, 0.4) is 0 Å². The summed E-state index contributed by atoms with van der Waals surface area (Å²) in [5, 5.41) is 2.89. The predicted octanol–water partition coefficient (Wildman–Crippen LogP) is -0.301. The standard InChI is InChI=1S/C4H6N2/c1-2-6-4-3-5-1/h1,6H,3-4H2. The van der Waals surface area contributed by atoms with E-state index >= 15 is 0 Å². The Kier molecular flexibility index (Phi) is 1.22. The fraction of sp³-hybridized carbons (Fsp3) is 0.500. The van der Waals surface area contributed by atoms with Crippen LogP contribution in [-0.4, -0.2) is 19.3 Å². The Morgan fingerprint density at radius 2 is 2.83 bits per heavy atom. The lowest BCUT2D eigenvalue weighted by Gasteiger charge is -1.99. The first-order chi connectivity index (χ1) is 3.00. The van der Waals surface area contributed by atoms with Crippen LogP contribution < -0.4 is 5.32 Å². The second kappa shape index (κ2) is 1.92. The molecule has 2 nitrogen and oxygen atoms in total. The van der Waals surface area contributed by atoms with Crippen molar-refractivity contribution in [3.05, 3.63) is 6.54 Å². The summed E-state index contributed by atoms with van der Waals surface area (Å²) < 4.78 is 0. The molecule has 1 N–H and O–H groups in total. The van der Waals surface area contributed by atoms with Crippen LogP contribution in [0.5, 0.6) is 0 Å². The molecule has 2 heteroatoms. The molecular formula is C4H6N2. The Labute approximate surface area is 37.3 Å². The molecule has 6 heavy (non-hydrogen) atoms. The summed E-state index contributed by atoms with van der Waals surface area (Å²) in [7, 11) is 0. The number of nitrogens with zero attached hydrogens (tertiary/aromatic N) is 1. The van der Waals surface area contributed by atoms with Crippen LogP contribution in [0, 0.1) is 6.54 Å². The van der Waals surface area contributed by atoms with Crippen LogP contribution in [0.4, 0.5) is 0 Å². The summed E-state index contributed by atoms with van der Waals surface area (Å²) in [5.74, 6) is 0. The van der Waals surface area contributed by atoms with Gasteiger partial charge < -0.3 is 5.32 Å². The topological polar surface area (TPSA) is 24.4 Å².